The summed E-state index contributed by atoms with van der Waals surface area (Å²) in [6, 6.07) is 6.11. The molecule has 1 unspecified atom stereocenters. The number of hydrogen-bond donors (Lipinski definition) is 0. The summed E-state index contributed by atoms with van der Waals surface area (Å²) < 4.78 is 31.1. The van der Waals surface area contributed by atoms with Crippen LogP contribution in [0.1, 0.15) is 38.2 Å². The maximum Gasteiger partial charge on any atom is 0.324 e. The molecular weight excluding hydrogens is 430 g/mol. The number of nitrogens with zero attached hydrogens (tertiary/aromatic N) is 3. The Morgan fingerprint density at radius 3 is 2.77 bits per heavy atom. The molecule has 0 aliphatic carbocycles. The van der Waals surface area contributed by atoms with Crippen molar-refractivity contribution in [3.63, 3.8) is 0 Å². The lowest BCUT2D eigenvalue weighted by Crippen LogP contribution is -2.43. The molecule has 0 radical (unpaired) electrons. The number of esters is 1. The predicted molar refractivity (Wildman–Crippen MR) is 114 cm³/mol. The number of carbonyl (C=O) groups excluding carboxylic acids is 2. The van der Waals surface area contributed by atoms with Gasteiger partial charge in [-0.3, -0.25) is 9.59 Å². The fraction of sp³-hybridized carbons (Fsp3) is 0.550. The van der Waals surface area contributed by atoms with E-state index in [-0.39, 0.29) is 25.3 Å². The lowest BCUT2D eigenvalue weighted by Gasteiger charge is -2.24. The van der Waals surface area contributed by atoms with Crippen LogP contribution < -0.4 is 4.90 Å². The van der Waals surface area contributed by atoms with Crippen molar-refractivity contribution in [1.29, 1.82) is 5.26 Å². The summed E-state index contributed by atoms with van der Waals surface area (Å²) in [7, 11) is -3.53. The van der Waals surface area contributed by atoms with E-state index in [4.69, 9.17) is 21.6 Å². The van der Waals surface area contributed by atoms with Gasteiger partial charge in [0.2, 0.25) is 10.0 Å². The van der Waals surface area contributed by atoms with Crippen molar-refractivity contribution < 1.29 is 22.7 Å². The number of benzene rings is 1. The first-order valence-corrected chi connectivity index (χ1v) is 11.8. The normalized spacial score (nSPS) is 16.8. The van der Waals surface area contributed by atoms with Crippen LogP contribution in [0, 0.1) is 18.3 Å². The fourth-order valence-electron chi connectivity index (χ4n) is 3.35. The SMILES string of the molecule is CCCS(=O)(=O)N1CCCC1C(=O)OCC(=O)N(CCC#N)c1ccc(Cl)c(C)c1. The van der Waals surface area contributed by atoms with Gasteiger partial charge in [-0.25, -0.2) is 8.42 Å². The molecule has 30 heavy (non-hydrogen) atoms. The summed E-state index contributed by atoms with van der Waals surface area (Å²) in [5.41, 5.74) is 1.31. The molecule has 1 aliphatic rings. The number of hydrogen-bond acceptors (Lipinski definition) is 6. The van der Waals surface area contributed by atoms with Crippen molar-refractivity contribution in [3.8, 4) is 6.07 Å². The Morgan fingerprint density at radius 2 is 2.13 bits per heavy atom. The Balaban J connectivity index is 2.07. The zero-order valence-corrected chi connectivity index (χ0v) is 18.7. The van der Waals surface area contributed by atoms with Crippen molar-refractivity contribution >= 4 is 39.2 Å². The van der Waals surface area contributed by atoms with E-state index >= 15 is 0 Å². The van der Waals surface area contributed by atoms with Crippen LogP contribution in [0.3, 0.4) is 0 Å². The molecule has 1 atom stereocenters. The smallest absolute Gasteiger partial charge is 0.324 e. The summed E-state index contributed by atoms with van der Waals surface area (Å²) in [6.45, 7) is 3.42. The van der Waals surface area contributed by atoms with Gasteiger partial charge in [-0.15, -0.1) is 0 Å². The Bertz CT molecular complexity index is 929. The first-order chi connectivity index (χ1) is 14.2. The molecule has 164 valence electrons. The molecule has 0 N–H and O–H groups in total. The van der Waals surface area contributed by atoms with Crippen LogP contribution in [0.15, 0.2) is 18.2 Å². The highest BCUT2D eigenvalue weighted by Crippen LogP contribution is 2.24. The van der Waals surface area contributed by atoms with E-state index in [1.54, 1.807) is 32.0 Å². The largest absolute Gasteiger partial charge is 0.454 e. The Morgan fingerprint density at radius 1 is 1.40 bits per heavy atom. The van der Waals surface area contributed by atoms with E-state index in [9.17, 15) is 18.0 Å². The molecule has 1 amide bonds. The highest BCUT2D eigenvalue weighted by atomic mass is 35.5. The lowest BCUT2D eigenvalue weighted by molar-refractivity contribution is -0.151. The minimum Gasteiger partial charge on any atom is -0.454 e. The second-order valence-corrected chi connectivity index (χ2v) is 9.53. The molecule has 0 bridgehead atoms. The van der Waals surface area contributed by atoms with Gasteiger partial charge in [0.1, 0.15) is 6.04 Å². The lowest BCUT2D eigenvalue weighted by atomic mass is 10.2. The van der Waals surface area contributed by atoms with Crippen molar-refractivity contribution in [2.24, 2.45) is 0 Å². The number of sulfonamides is 1. The van der Waals surface area contributed by atoms with Crippen molar-refractivity contribution in [3.05, 3.63) is 28.8 Å². The van der Waals surface area contributed by atoms with E-state index in [1.165, 1.54) is 9.21 Å². The minimum atomic E-state index is -3.53. The first kappa shape index (κ1) is 24.1. The van der Waals surface area contributed by atoms with Gasteiger partial charge in [0.25, 0.3) is 5.91 Å². The highest BCUT2D eigenvalue weighted by molar-refractivity contribution is 7.89. The van der Waals surface area contributed by atoms with Gasteiger partial charge in [-0.05, 0) is 49.9 Å². The number of carbonyl (C=O) groups is 2. The monoisotopic (exact) mass is 455 g/mol. The summed E-state index contributed by atoms with van der Waals surface area (Å²) >= 11 is 6.04. The molecule has 8 nitrogen and oxygen atoms in total. The van der Waals surface area contributed by atoms with E-state index < -0.39 is 34.5 Å². The molecule has 1 aromatic rings. The number of amides is 1. The van der Waals surface area contributed by atoms with Crippen LogP contribution in [-0.4, -0.2) is 56.1 Å². The number of halogens is 1. The Kier molecular flexibility index (Phi) is 8.65. The topological polar surface area (TPSA) is 108 Å². The van der Waals surface area contributed by atoms with E-state index in [0.29, 0.717) is 30.0 Å². The number of aryl methyl sites for hydroxylation is 1. The van der Waals surface area contributed by atoms with Crippen LogP contribution in [0.2, 0.25) is 5.02 Å². The third kappa shape index (κ3) is 5.94. The van der Waals surface area contributed by atoms with E-state index in [1.807, 2.05) is 6.07 Å². The molecule has 1 heterocycles. The van der Waals surface area contributed by atoms with Crippen LogP contribution in [0.25, 0.3) is 0 Å². The molecule has 2 rings (SSSR count). The average molecular weight is 456 g/mol. The zero-order valence-electron chi connectivity index (χ0n) is 17.1. The second-order valence-electron chi connectivity index (χ2n) is 7.08. The molecule has 0 aromatic heterocycles. The maximum atomic E-state index is 12.7. The summed E-state index contributed by atoms with van der Waals surface area (Å²) in [5.74, 6) is -1.26. The number of anilines is 1. The molecule has 0 spiro atoms. The van der Waals surface area contributed by atoms with Crippen molar-refractivity contribution in [2.45, 2.75) is 45.6 Å². The number of rotatable bonds is 9. The zero-order chi connectivity index (χ0) is 22.3. The molecule has 1 aromatic carbocycles. The maximum absolute atomic E-state index is 12.7. The molecular formula is C20H26ClN3O5S. The van der Waals surface area contributed by atoms with Gasteiger partial charge in [0, 0.05) is 23.8 Å². The molecule has 1 aliphatic heterocycles. The third-order valence-corrected chi connectivity index (χ3v) is 7.33. The van der Waals surface area contributed by atoms with E-state index in [2.05, 4.69) is 0 Å². The number of nitriles is 1. The van der Waals surface area contributed by atoms with Gasteiger partial charge in [0.15, 0.2) is 6.61 Å². The Labute approximate surface area is 182 Å². The fourth-order valence-corrected chi connectivity index (χ4v) is 5.20. The standard InChI is InChI=1S/C20H26ClN3O5S/c1-3-12-30(27,28)24-11-4-6-18(24)20(26)29-14-19(25)23(10-5-9-22)16-7-8-17(21)15(2)13-16/h7-8,13,18H,3-6,10-12,14H2,1-2H3. The Hall–Kier alpha value is -2.15. The van der Waals surface area contributed by atoms with Crippen molar-refractivity contribution in [1.82, 2.24) is 4.31 Å². The van der Waals surface area contributed by atoms with Gasteiger partial charge >= 0.3 is 5.97 Å². The van der Waals surface area contributed by atoms with Gasteiger partial charge in [0.05, 0.1) is 18.2 Å². The highest BCUT2D eigenvalue weighted by Gasteiger charge is 2.39. The van der Waals surface area contributed by atoms with Crippen molar-refractivity contribution in [2.75, 3.05) is 30.3 Å². The second kappa shape index (κ2) is 10.8. The predicted octanol–water partition coefficient (Wildman–Crippen LogP) is 2.64. The third-order valence-electron chi connectivity index (χ3n) is 4.83. The molecule has 10 heteroatoms. The summed E-state index contributed by atoms with van der Waals surface area (Å²) in [6.07, 6.45) is 1.49. The van der Waals surface area contributed by atoms with E-state index in [0.717, 1.165) is 5.56 Å². The van der Waals surface area contributed by atoms with Gasteiger partial charge < -0.3 is 9.64 Å². The van der Waals surface area contributed by atoms with Crippen LogP contribution in [0.4, 0.5) is 5.69 Å². The first-order valence-electron chi connectivity index (χ1n) is 9.81. The van der Waals surface area contributed by atoms with Gasteiger partial charge in [-0.1, -0.05) is 18.5 Å². The number of ether oxygens (including phenoxy) is 1. The van der Waals surface area contributed by atoms with Crippen LogP contribution in [0.5, 0.6) is 0 Å². The van der Waals surface area contributed by atoms with Gasteiger partial charge in [-0.2, -0.15) is 9.57 Å². The quantitative estimate of drug-likeness (QED) is 0.529. The van der Waals surface area contributed by atoms with Crippen LogP contribution in [-0.2, 0) is 24.3 Å². The minimum absolute atomic E-state index is 0.0342. The summed E-state index contributed by atoms with van der Waals surface area (Å²) in [4.78, 5) is 26.6. The molecule has 1 fully saturated rings. The molecule has 0 saturated carbocycles. The van der Waals surface area contributed by atoms with Crippen LogP contribution >= 0.6 is 11.6 Å². The molecule has 1 saturated heterocycles. The average Bonchev–Trinajstić information content (AvgIpc) is 3.20. The summed E-state index contributed by atoms with van der Waals surface area (Å²) in [5, 5.41) is 9.45.